The van der Waals surface area contributed by atoms with Crippen LogP contribution in [0.5, 0.6) is 0 Å². The number of carbonyl (C=O) groups excluding carboxylic acids is 2. The normalized spacial score (nSPS) is 23.0. The second-order valence-electron chi connectivity index (χ2n) is 6.57. The molecule has 0 bridgehead atoms. The third-order valence-electron chi connectivity index (χ3n) is 4.63. The van der Waals surface area contributed by atoms with Crippen LogP contribution in [0, 0.1) is 0 Å². The van der Waals surface area contributed by atoms with Crippen LogP contribution in [0.25, 0.3) is 0 Å². The van der Waals surface area contributed by atoms with Gasteiger partial charge in [-0.2, -0.15) is 5.21 Å². The van der Waals surface area contributed by atoms with Crippen molar-refractivity contribution >= 4 is 40.3 Å². The van der Waals surface area contributed by atoms with E-state index in [1.807, 2.05) is 6.07 Å². The van der Waals surface area contributed by atoms with Gasteiger partial charge < -0.3 is 10.4 Å². The van der Waals surface area contributed by atoms with Gasteiger partial charge in [0.15, 0.2) is 0 Å². The molecule has 1 aromatic carbocycles. The van der Waals surface area contributed by atoms with Gasteiger partial charge in [-0.05, 0) is 16.3 Å². The highest BCUT2D eigenvalue weighted by Crippen LogP contribution is 2.36. The first-order valence-corrected chi connectivity index (χ1v) is 11.2. The number of nitrogens with one attached hydrogen (secondary N) is 2. The maximum absolute atomic E-state index is 12.8. The van der Waals surface area contributed by atoms with E-state index in [-0.39, 0.29) is 23.6 Å². The largest absolute Gasteiger partial charge is 0.477 e. The number of rotatable bonds is 7. The van der Waals surface area contributed by atoms with E-state index in [4.69, 9.17) is 0 Å². The molecule has 3 heterocycles. The van der Waals surface area contributed by atoms with Crippen LogP contribution < -0.4 is 5.32 Å². The van der Waals surface area contributed by atoms with Gasteiger partial charge in [-0.25, -0.2) is 4.79 Å². The Morgan fingerprint density at radius 2 is 2.10 bits per heavy atom. The minimum absolute atomic E-state index is 0.0218. The maximum Gasteiger partial charge on any atom is 0.352 e. The molecule has 1 aromatic heterocycles. The third-order valence-corrected chi connectivity index (χ3v) is 7.21. The van der Waals surface area contributed by atoms with Gasteiger partial charge >= 0.3 is 5.97 Å². The Morgan fingerprint density at radius 3 is 2.77 bits per heavy atom. The number of hydrogen-bond donors (Lipinski definition) is 3. The quantitative estimate of drug-likeness (QED) is 0.367. The molecule has 0 radical (unpaired) electrons. The molecule has 2 unspecified atom stereocenters. The van der Waals surface area contributed by atoms with Gasteiger partial charge in [0.25, 0.3) is 5.91 Å². The molecular formula is C17H16N6O5S2. The number of amides is 2. The number of fused-ring (bicyclic) bond motifs is 1. The number of β-lactam (4-membered cyclic amide) rings is 1. The van der Waals surface area contributed by atoms with Gasteiger partial charge in [0.1, 0.15) is 17.1 Å². The molecule has 0 saturated carbocycles. The predicted molar refractivity (Wildman–Crippen MR) is 105 cm³/mol. The molecule has 3 atom stereocenters. The molecule has 4 rings (SSSR count). The Kier molecular flexibility index (Phi) is 5.63. The summed E-state index contributed by atoms with van der Waals surface area (Å²) in [4.78, 5) is 37.8. The summed E-state index contributed by atoms with van der Waals surface area (Å²) in [6.45, 7) is 0. The van der Waals surface area contributed by atoms with Crippen molar-refractivity contribution in [1.82, 2.24) is 30.8 Å². The minimum atomic E-state index is -1.57. The van der Waals surface area contributed by atoms with E-state index in [2.05, 4.69) is 25.9 Å². The van der Waals surface area contributed by atoms with Crippen LogP contribution in [0.3, 0.4) is 0 Å². The molecular weight excluding hydrogens is 432 g/mol. The minimum Gasteiger partial charge on any atom is -0.477 e. The summed E-state index contributed by atoms with van der Waals surface area (Å²) >= 11 is 1.12. The molecule has 1 saturated heterocycles. The zero-order valence-electron chi connectivity index (χ0n) is 15.3. The number of aromatic amines is 1. The van der Waals surface area contributed by atoms with Crippen LogP contribution in [0.4, 0.5) is 0 Å². The van der Waals surface area contributed by atoms with E-state index in [9.17, 15) is 23.7 Å². The van der Waals surface area contributed by atoms with Gasteiger partial charge in [0.05, 0.1) is 23.0 Å². The molecule has 2 aliphatic rings. The van der Waals surface area contributed by atoms with Crippen molar-refractivity contribution in [2.45, 2.75) is 23.0 Å². The zero-order valence-corrected chi connectivity index (χ0v) is 17.0. The van der Waals surface area contributed by atoms with Crippen molar-refractivity contribution in [2.24, 2.45) is 0 Å². The van der Waals surface area contributed by atoms with Crippen molar-refractivity contribution in [1.29, 1.82) is 0 Å². The second-order valence-corrected chi connectivity index (χ2v) is 9.05. The fourth-order valence-corrected chi connectivity index (χ4v) is 5.90. The summed E-state index contributed by atoms with van der Waals surface area (Å²) in [7, 11) is -1.57. The van der Waals surface area contributed by atoms with E-state index in [1.165, 1.54) is 0 Å². The predicted octanol–water partition coefficient (Wildman–Crippen LogP) is -0.711. The third kappa shape index (κ3) is 3.85. The Hall–Kier alpha value is -3.06. The van der Waals surface area contributed by atoms with E-state index >= 15 is 0 Å². The van der Waals surface area contributed by atoms with Crippen molar-refractivity contribution in [2.75, 3.05) is 11.5 Å². The molecule has 0 spiro atoms. The fourth-order valence-electron chi connectivity index (χ4n) is 3.34. The van der Waals surface area contributed by atoms with Gasteiger partial charge in [-0.3, -0.25) is 18.7 Å². The Morgan fingerprint density at radius 1 is 1.33 bits per heavy atom. The van der Waals surface area contributed by atoms with Gasteiger partial charge in [-0.15, -0.1) is 10.2 Å². The van der Waals surface area contributed by atoms with E-state index in [0.717, 1.165) is 22.2 Å². The number of tetrazole rings is 1. The zero-order chi connectivity index (χ0) is 21.3. The monoisotopic (exact) mass is 448 g/mol. The first kappa shape index (κ1) is 20.2. The molecule has 11 nitrogen and oxygen atoms in total. The first-order chi connectivity index (χ1) is 14.5. The standard InChI is InChI=1S/C17H16N6O5S2/c24-11(6-9-4-2-1-3-5-9)18-12-14(25)23-13(16(26)27)10(8-30(28)15(12)23)7-29-17-19-21-22-20-17/h1-5,12,15H,6-8H2,(H,18,24)(H,26,27)(H,19,20,21,22)/t12?,15-,30?/m0/s1. The van der Waals surface area contributed by atoms with Crippen LogP contribution in [-0.4, -0.2) is 75.5 Å². The highest BCUT2D eigenvalue weighted by molar-refractivity contribution is 7.99. The number of hydrogen-bond acceptors (Lipinski definition) is 8. The Bertz CT molecular complexity index is 1040. The number of aromatic nitrogens is 4. The fraction of sp³-hybridized carbons (Fsp3) is 0.294. The van der Waals surface area contributed by atoms with E-state index in [1.54, 1.807) is 24.3 Å². The lowest BCUT2D eigenvalue weighted by atomic mass is 10.0. The second kappa shape index (κ2) is 8.36. The number of carboxylic acid groups (broad SMARTS) is 1. The molecule has 0 aliphatic carbocycles. The number of benzene rings is 1. The summed E-state index contributed by atoms with van der Waals surface area (Å²) < 4.78 is 12.8. The lowest BCUT2D eigenvalue weighted by Gasteiger charge is -2.49. The molecule has 2 aliphatic heterocycles. The first-order valence-electron chi connectivity index (χ1n) is 8.81. The van der Waals surface area contributed by atoms with Crippen LogP contribution in [-0.2, 0) is 31.6 Å². The smallest absolute Gasteiger partial charge is 0.352 e. The van der Waals surface area contributed by atoms with Crippen LogP contribution in [0.2, 0.25) is 0 Å². The molecule has 30 heavy (non-hydrogen) atoms. The number of carboxylic acids is 1. The van der Waals surface area contributed by atoms with Crippen molar-refractivity contribution in [3.63, 3.8) is 0 Å². The van der Waals surface area contributed by atoms with Crippen LogP contribution in [0.15, 0.2) is 46.8 Å². The van der Waals surface area contributed by atoms with Gasteiger partial charge in [-0.1, -0.05) is 42.1 Å². The van der Waals surface area contributed by atoms with E-state index in [0.29, 0.717) is 10.7 Å². The summed E-state index contributed by atoms with van der Waals surface area (Å²) in [5.74, 6) is -2.15. The average molecular weight is 448 g/mol. The van der Waals surface area contributed by atoms with Gasteiger partial charge in [0, 0.05) is 5.75 Å². The van der Waals surface area contributed by atoms with E-state index < -0.39 is 40.0 Å². The van der Waals surface area contributed by atoms with Gasteiger partial charge in [0.2, 0.25) is 11.1 Å². The molecule has 2 amide bonds. The van der Waals surface area contributed by atoms with Crippen molar-refractivity contribution in [3.05, 3.63) is 47.2 Å². The summed E-state index contributed by atoms with van der Waals surface area (Å²) in [5.41, 5.74) is 0.916. The highest BCUT2D eigenvalue weighted by Gasteiger charge is 2.57. The lowest BCUT2D eigenvalue weighted by Crippen LogP contribution is -2.73. The maximum atomic E-state index is 12.8. The summed E-state index contributed by atoms with van der Waals surface area (Å²) in [5, 5.41) is 24.9. The number of nitrogens with zero attached hydrogens (tertiary/aromatic N) is 4. The SMILES string of the molecule is O=C(Cc1ccccc1)NC1C(=O)N2C(C(=O)O)=C(CSc3nn[nH]n3)CS(=O)[C@@H]12. The Balaban J connectivity index is 1.49. The number of aliphatic carboxylic acids is 1. The summed E-state index contributed by atoms with van der Waals surface area (Å²) in [6.07, 6.45) is 0.0677. The van der Waals surface area contributed by atoms with Crippen LogP contribution >= 0.6 is 11.8 Å². The topological polar surface area (TPSA) is 158 Å². The van der Waals surface area contributed by atoms with Crippen molar-refractivity contribution < 1.29 is 23.7 Å². The molecule has 13 heteroatoms. The summed E-state index contributed by atoms with van der Waals surface area (Å²) in [6, 6.07) is 7.98. The lowest BCUT2D eigenvalue weighted by molar-refractivity contribution is -0.150. The van der Waals surface area contributed by atoms with Crippen LogP contribution in [0.1, 0.15) is 5.56 Å². The highest BCUT2D eigenvalue weighted by atomic mass is 32.2. The molecule has 3 N–H and O–H groups in total. The number of H-pyrrole nitrogens is 1. The van der Waals surface area contributed by atoms with Crippen molar-refractivity contribution in [3.8, 4) is 0 Å². The molecule has 2 aromatic rings. The molecule has 1 fully saturated rings. The Labute approximate surface area is 176 Å². The number of thioether (sulfide) groups is 1. The molecule has 156 valence electrons. The average Bonchev–Trinajstić information content (AvgIpc) is 3.24. The number of carbonyl (C=O) groups is 3.